The maximum absolute atomic E-state index is 12.8. The van der Waals surface area contributed by atoms with Crippen molar-refractivity contribution in [1.82, 2.24) is 0 Å². The fraction of sp³-hybridized carbons (Fsp3) is 0.726. The Morgan fingerprint density at radius 3 is 0.941 bits per heavy atom. The number of hydrogen-bond donors (Lipinski definition) is 0. The van der Waals surface area contributed by atoms with Gasteiger partial charge < -0.3 is 14.2 Å². The molecule has 0 amide bonds. The van der Waals surface area contributed by atoms with E-state index in [0.717, 1.165) is 96.3 Å². The molecule has 1 atom stereocenters. The maximum Gasteiger partial charge on any atom is 0.306 e. The Bertz CT molecular complexity index is 1320. The summed E-state index contributed by atoms with van der Waals surface area (Å²) in [6.07, 6.45) is 72.9. The first kappa shape index (κ1) is 64.6. The van der Waals surface area contributed by atoms with Gasteiger partial charge >= 0.3 is 17.9 Å². The SMILES string of the molecule is CC/C=C\C/C=C\C/C=C\C/C=C\C/C=C\C/C=C\CCCCC(=O)OCC(COC(=O)CCCCCCCCCCCCC)OC(=O)CCCCCCCCC/C=C\CCCCCCCCC. The number of carbonyl (C=O) groups excluding carboxylic acids is 3. The summed E-state index contributed by atoms with van der Waals surface area (Å²) in [6.45, 7) is 6.49. The van der Waals surface area contributed by atoms with E-state index in [-0.39, 0.29) is 31.1 Å². The van der Waals surface area contributed by atoms with Gasteiger partial charge in [-0.05, 0) is 96.3 Å². The van der Waals surface area contributed by atoms with Crippen molar-refractivity contribution in [2.75, 3.05) is 13.2 Å². The van der Waals surface area contributed by atoms with Gasteiger partial charge in [-0.25, -0.2) is 0 Å². The third kappa shape index (κ3) is 53.5. The van der Waals surface area contributed by atoms with Crippen LogP contribution in [0.2, 0.25) is 0 Å². The highest BCUT2D eigenvalue weighted by Crippen LogP contribution is 2.15. The predicted molar refractivity (Wildman–Crippen MR) is 293 cm³/mol. The van der Waals surface area contributed by atoms with E-state index in [0.29, 0.717) is 19.3 Å². The smallest absolute Gasteiger partial charge is 0.306 e. The normalized spacial score (nSPS) is 12.7. The van der Waals surface area contributed by atoms with Crippen molar-refractivity contribution in [2.45, 2.75) is 277 Å². The summed E-state index contributed by atoms with van der Waals surface area (Å²) in [5, 5.41) is 0. The Labute approximate surface area is 420 Å². The summed E-state index contributed by atoms with van der Waals surface area (Å²) in [5.74, 6) is -0.935. The Morgan fingerprint density at radius 1 is 0.309 bits per heavy atom. The van der Waals surface area contributed by atoms with Gasteiger partial charge in [-0.3, -0.25) is 14.4 Å². The topological polar surface area (TPSA) is 78.9 Å². The standard InChI is InChI=1S/C62H106O6/c1-4-7-10-13-16-19-22-24-26-28-30-31-32-34-35-37-40-43-46-49-52-55-61(64)67-58-59(57-66-60(63)54-51-48-45-42-39-21-18-15-12-9-6-3)68-62(65)56-53-50-47-44-41-38-36-33-29-27-25-23-20-17-14-11-8-5-2/h7,10,16,19,24,26-27,29-31,34-35,40,43,59H,4-6,8-9,11-15,17-18,20-23,25,28,32-33,36-39,41-42,44-58H2,1-3H3/b10-7-,19-16-,26-24-,29-27-,31-30-,35-34-,43-40-. The van der Waals surface area contributed by atoms with Crippen LogP contribution in [0.1, 0.15) is 271 Å². The van der Waals surface area contributed by atoms with E-state index < -0.39 is 6.10 Å². The van der Waals surface area contributed by atoms with Crippen LogP contribution < -0.4 is 0 Å². The van der Waals surface area contributed by atoms with Crippen LogP contribution in [0.25, 0.3) is 0 Å². The van der Waals surface area contributed by atoms with E-state index >= 15 is 0 Å². The van der Waals surface area contributed by atoms with Crippen LogP contribution in [-0.4, -0.2) is 37.2 Å². The van der Waals surface area contributed by atoms with E-state index in [4.69, 9.17) is 14.2 Å². The van der Waals surface area contributed by atoms with E-state index in [1.54, 1.807) is 0 Å². The molecule has 0 spiro atoms. The number of rotatable bonds is 51. The van der Waals surface area contributed by atoms with Gasteiger partial charge in [0, 0.05) is 19.3 Å². The van der Waals surface area contributed by atoms with Crippen LogP contribution in [0.5, 0.6) is 0 Å². The predicted octanol–water partition coefficient (Wildman–Crippen LogP) is 19.2. The summed E-state index contributed by atoms with van der Waals surface area (Å²) in [4.78, 5) is 38.1. The summed E-state index contributed by atoms with van der Waals surface area (Å²) in [6, 6.07) is 0. The third-order valence-electron chi connectivity index (χ3n) is 12.1. The molecule has 6 nitrogen and oxygen atoms in total. The molecule has 1 unspecified atom stereocenters. The zero-order valence-corrected chi connectivity index (χ0v) is 44.6. The van der Waals surface area contributed by atoms with Gasteiger partial charge in [-0.15, -0.1) is 0 Å². The lowest BCUT2D eigenvalue weighted by Gasteiger charge is -2.18. The Balaban J connectivity index is 4.42. The van der Waals surface area contributed by atoms with E-state index in [1.165, 1.54) is 135 Å². The number of carbonyl (C=O) groups is 3. The van der Waals surface area contributed by atoms with Crippen LogP contribution in [0.3, 0.4) is 0 Å². The molecule has 68 heavy (non-hydrogen) atoms. The molecule has 0 rings (SSSR count). The highest BCUT2D eigenvalue weighted by molar-refractivity contribution is 5.71. The van der Waals surface area contributed by atoms with Gasteiger partial charge in [-0.2, -0.15) is 0 Å². The minimum Gasteiger partial charge on any atom is -0.462 e. The fourth-order valence-electron chi connectivity index (χ4n) is 7.85. The lowest BCUT2D eigenvalue weighted by molar-refractivity contribution is -0.167. The van der Waals surface area contributed by atoms with Crippen LogP contribution in [0, 0.1) is 0 Å². The van der Waals surface area contributed by atoms with Crippen LogP contribution in [-0.2, 0) is 28.6 Å². The van der Waals surface area contributed by atoms with Crippen molar-refractivity contribution < 1.29 is 28.6 Å². The third-order valence-corrected chi connectivity index (χ3v) is 12.1. The molecule has 0 aromatic rings. The Hall–Kier alpha value is -3.41. The second kappa shape index (κ2) is 56.2. The fourth-order valence-corrected chi connectivity index (χ4v) is 7.85. The molecule has 0 bridgehead atoms. The number of esters is 3. The zero-order valence-electron chi connectivity index (χ0n) is 44.6. The lowest BCUT2D eigenvalue weighted by Crippen LogP contribution is -2.30. The molecule has 0 aliphatic heterocycles. The van der Waals surface area contributed by atoms with Gasteiger partial charge in [0.2, 0.25) is 0 Å². The molecule has 0 heterocycles. The lowest BCUT2D eigenvalue weighted by atomic mass is 10.1. The first-order valence-electron chi connectivity index (χ1n) is 28.6. The summed E-state index contributed by atoms with van der Waals surface area (Å²) >= 11 is 0. The molecule has 0 saturated carbocycles. The highest BCUT2D eigenvalue weighted by Gasteiger charge is 2.19. The molecule has 0 aliphatic carbocycles. The summed E-state index contributed by atoms with van der Waals surface area (Å²) in [7, 11) is 0. The molecule has 0 radical (unpaired) electrons. The minimum absolute atomic E-state index is 0.0904. The Kier molecular flexibility index (Phi) is 53.4. The van der Waals surface area contributed by atoms with Gasteiger partial charge in [-0.1, -0.05) is 241 Å². The largest absolute Gasteiger partial charge is 0.462 e. The second-order valence-corrected chi connectivity index (χ2v) is 18.8. The van der Waals surface area contributed by atoms with Crippen LogP contribution in [0.15, 0.2) is 85.1 Å². The number of ether oxygens (including phenoxy) is 3. The van der Waals surface area contributed by atoms with Gasteiger partial charge in [0.15, 0.2) is 6.10 Å². The Morgan fingerprint density at radius 2 is 0.574 bits per heavy atom. The van der Waals surface area contributed by atoms with Crippen molar-refractivity contribution in [1.29, 1.82) is 0 Å². The van der Waals surface area contributed by atoms with E-state index in [9.17, 15) is 14.4 Å². The molecule has 0 saturated heterocycles. The van der Waals surface area contributed by atoms with Crippen molar-refractivity contribution >= 4 is 17.9 Å². The number of unbranched alkanes of at least 4 members (excludes halogenated alkanes) is 26. The molecule has 0 aromatic carbocycles. The quantitative estimate of drug-likeness (QED) is 0.0262. The monoisotopic (exact) mass is 947 g/mol. The summed E-state index contributed by atoms with van der Waals surface area (Å²) < 4.78 is 16.8. The molecular weight excluding hydrogens is 841 g/mol. The highest BCUT2D eigenvalue weighted by atomic mass is 16.6. The molecule has 0 fully saturated rings. The second-order valence-electron chi connectivity index (χ2n) is 18.8. The molecule has 6 heteroatoms. The molecule has 0 aromatic heterocycles. The van der Waals surface area contributed by atoms with Crippen molar-refractivity contribution in [3.05, 3.63) is 85.1 Å². The van der Waals surface area contributed by atoms with Crippen molar-refractivity contribution in [3.63, 3.8) is 0 Å². The average Bonchev–Trinajstić information content (AvgIpc) is 3.34. The van der Waals surface area contributed by atoms with Crippen LogP contribution in [0.4, 0.5) is 0 Å². The van der Waals surface area contributed by atoms with Crippen molar-refractivity contribution in [3.8, 4) is 0 Å². The first-order valence-corrected chi connectivity index (χ1v) is 28.6. The average molecular weight is 948 g/mol. The first-order chi connectivity index (χ1) is 33.5. The van der Waals surface area contributed by atoms with Gasteiger partial charge in [0.25, 0.3) is 0 Å². The van der Waals surface area contributed by atoms with Gasteiger partial charge in [0.1, 0.15) is 13.2 Å². The number of hydrogen-bond acceptors (Lipinski definition) is 6. The minimum atomic E-state index is -0.795. The maximum atomic E-state index is 12.8. The molecule has 0 aliphatic rings. The van der Waals surface area contributed by atoms with Gasteiger partial charge in [0.05, 0.1) is 0 Å². The molecule has 390 valence electrons. The van der Waals surface area contributed by atoms with E-state index in [2.05, 4.69) is 106 Å². The number of allylic oxidation sites excluding steroid dienone is 14. The van der Waals surface area contributed by atoms with Crippen LogP contribution >= 0.6 is 0 Å². The zero-order chi connectivity index (χ0) is 49.3. The molecule has 0 N–H and O–H groups in total. The molecular formula is C62H106O6. The van der Waals surface area contributed by atoms with E-state index in [1.807, 2.05) is 0 Å². The van der Waals surface area contributed by atoms with Crippen molar-refractivity contribution in [2.24, 2.45) is 0 Å². The summed E-state index contributed by atoms with van der Waals surface area (Å²) in [5.41, 5.74) is 0.